The third-order valence-corrected chi connectivity index (χ3v) is 7.01. The Morgan fingerprint density at radius 1 is 1.12 bits per heavy atom. The van der Waals surface area contributed by atoms with Crippen LogP contribution in [0.4, 0.5) is 11.4 Å². The maximum Gasteiger partial charge on any atom is 0.223 e. The van der Waals surface area contributed by atoms with Crippen LogP contribution in [0.25, 0.3) is 22.6 Å². The van der Waals surface area contributed by atoms with Crippen molar-refractivity contribution >= 4 is 28.4 Å². The van der Waals surface area contributed by atoms with E-state index in [0.29, 0.717) is 5.92 Å². The number of hydrogen-bond donors (Lipinski definition) is 3. The van der Waals surface area contributed by atoms with E-state index in [4.69, 9.17) is 15.5 Å². The molecular formula is C24H26N6O2. The van der Waals surface area contributed by atoms with Gasteiger partial charge >= 0.3 is 0 Å². The number of rotatable bonds is 5. The van der Waals surface area contributed by atoms with Gasteiger partial charge in [0.15, 0.2) is 5.65 Å². The van der Waals surface area contributed by atoms with E-state index in [1.54, 1.807) is 6.20 Å². The Morgan fingerprint density at radius 3 is 2.69 bits per heavy atom. The summed E-state index contributed by atoms with van der Waals surface area (Å²) in [6.45, 7) is 3.35. The number of benzene rings is 1. The Bertz CT molecular complexity index is 1180. The van der Waals surface area contributed by atoms with Gasteiger partial charge < -0.3 is 25.7 Å². The Hall–Kier alpha value is -3.39. The zero-order valence-electron chi connectivity index (χ0n) is 17.7. The lowest BCUT2D eigenvalue weighted by atomic mass is 9.88. The normalized spacial score (nSPS) is 26.7. The van der Waals surface area contributed by atoms with Crippen molar-refractivity contribution in [2.75, 3.05) is 36.5 Å². The smallest absolute Gasteiger partial charge is 0.223 e. The molecule has 1 amide bonds. The molecule has 0 spiro atoms. The summed E-state index contributed by atoms with van der Waals surface area (Å²) in [5.41, 5.74) is 10.3. The van der Waals surface area contributed by atoms with Crippen LogP contribution in [0.1, 0.15) is 6.42 Å². The molecule has 32 heavy (non-hydrogen) atoms. The van der Waals surface area contributed by atoms with E-state index in [1.807, 2.05) is 6.07 Å². The van der Waals surface area contributed by atoms with Crippen molar-refractivity contribution < 1.29 is 9.53 Å². The Kier molecular flexibility index (Phi) is 4.61. The third kappa shape index (κ3) is 3.22. The van der Waals surface area contributed by atoms with Crippen LogP contribution in [-0.4, -0.2) is 53.2 Å². The number of nitrogens with one attached hydrogen (secondary N) is 2. The predicted molar refractivity (Wildman–Crippen MR) is 123 cm³/mol. The Labute approximate surface area is 185 Å². The average Bonchev–Trinajstić information content (AvgIpc) is 3.55. The molecule has 1 aromatic carbocycles. The number of H-pyrrole nitrogens is 1. The van der Waals surface area contributed by atoms with Gasteiger partial charge in [-0.3, -0.25) is 4.79 Å². The van der Waals surface area contributed by atoms with E-state index >= 15 is 0 Å². The van der Waals surface area contributed by atoms with Crippen LogP contribution in [0.3, 0.4) is 0 Å². The summed E-state index contributed by atoms with van der Waals surface area (Å²) >= 11 is 0. The minimum absolute atomic E-state index is 0.0129. The van der Waals surface area contributed by atoms with Crippen molar-refractivity contribution in [1.29, 1.82) is 0 Å². The number of hydrogen-bond acceptors (Lipinski definition) is 6. The SMILES string of the molecule is NC(=O)[C@@H]1[C@H](Nc2ccnc3[nH]c(-c4ccc(N5CCOCC5)cc4)nc23)[C@H]2C=C[C@@H]1C2. The van der Waals surface area contributed by atoms with Crippen LogP contribution in [0, 0.1) is 17.8 Å². The molecule has 3 aromatic rings. The summed E-state index contributed by atoms with van der Waals surface area (Å²) < 4.78 is 5.44. The standard InChI is InChI=1S/C24H26N6O2/c25-22(31)19-15-1-2-16(13-15)20(19)27-18-7-8-26-24-21(18)28-23(29-24)14-3-5-17(6-4-14)30-9-11-32-12-10-30/h1-8,15-16,19-20H,9-13H2,(H2,25,31)(H2,26,27,28,29)/t15-,16+,19+,20-/m1/s1. The van der Waals surface area contributed by atoms with E-state index in [9.17, 15) is 4.79 Å². The summed E-state index contributed by atoms with van der Waals surface area (Å²) in [6, 6.07) is 10.3. The molecule has 3 heterocycles. The number of allylic oxidation sites excluding steroid dienone is 1. The first kappa shape index (κ1) is 19.3. The van der Waals surface area contributed by atoms with Gasteiger partial charge in [-0.25, -0.2) is 9.97 Å². The van der Waals surface area contributed by atoms with E-state index in [0.717, 1.165) is 61.0 Å². The summed E-state index contributed by atoms with van der Waals surface area (Å²) in [5.74, 6) is 0.876. The second kappa shape index (κ2) is 7.63. The maximum atomic E-state index is 12.1. The highest BCUT2D eigenvalue weighted by Gasteiger charge is 2.47. The number of imidazole rings is 1. The first-order valence-corrected chi connectivity index (χ1v) is 11.2. The number of aromatic nitrogens is 3. The third-order valence-electron chi connectivity index (χ3n) is 7.01. The first-order valence-electron chi connectivity index (χ1n) is 11.2. The van der Waals surface area contributed by atoms with Gasteiger partial charge in [0, 0.05) is 36.6 Å². The molecule has 4 atom stereocenters. The molecule has 4 N–H and O–H groups in total. The number of nitrogens with zero attached hydrogens (tertiary/aromatic N) is 3. The fraction of sp³-hybridized carbons (Fsp3) is 0.375. The van der Waals surface area contributed by atoms with Crippen molar-refractivity contribution in [3.63, 3.8) is 0 Å². The van der Waals surface area contributed by atoms with E-state index < -0.39 is 0 Å². The number of aromatic amines is 1. The molecule has 2 aromatic heterocycles. The molecule has 2 aliphatic carbocycles. The zero-order valence-corrected chi connectivity index (χ0v) is 17.7. The van der Waals surface area contributed by atoms with Gasteiger partial charge in [0.05, 0.1) is 24.8 Å². The quantitative estimate of drug-likeness (QED) is 0.537. The van der Waals surface area contributed by atoms with Gasteiger partial charge in [0.2, 0.25) is 5.91 Å². The molecule has 0 unspecified atom stereocenters. The minimum atomic E-state index is -0.243. The molecule has 0 radical (unpaired) electrons. The topological polar surface area (TPSA) is 109 Å². The Morgan fingerprint density at radius 2 is 1.91 bits per heavy atom. The fourth-order valence-corrected chi connectivity index (χ4v) is 5.40. The van der Waals surface area contributed by atoms with Crippen molar-refractivity contribution in [3.8, 4) is 11.4 Å². The van der Waals surface area contributed by atoms with Crippen LogP contribution in [-0.2, 0) is 9.53 Å². The number of morpholine rings is 1. The van der Waals surface area contributed by atoms with Crippen LogP contribution in [0.2, 0.25) is 0 Å². The fourth-order valence-electron chi connectivity index (χ4n) is 5.40. The monoisotopic (exact) mass is 430 g/mol. The van der Waals surface area contributed by atoms with Gasteiger partial charge in [-0.1, -0.05) is 12.2 Å². The number of nitrogens with two attached hydrogens (primary N) is 1. The van der Waals surface area contributed by atoms with E-state index in [-0.39, 0.29) is 23.8 Å². The van der Waals surface area contributed by atoms with Gasteiger partial charge in [-0.05, 0) is 48.6 Å². The molecule has 1 aliphatic heterocycles. The van der Waals surface area contributed by atoms with Crippen LogP contribution in [0.15, 0.2) is 48.7 Å². The summed E-state index contributed by atoms with van der Waals surface area (Å²) in [6.07, 6.45) is 7.07. The molecule has 6 rings (SSSR count). The molecule has 1 saturated heterocycles. The number of amides is 1. The molecule has 2 fully saturated rings. The predicted octanol–water partition coefficient (Wildman–Crippen LogP) is 2.55. The number of carbonyl (C=O) groups is 1. The van der Waals surface area contributed by atoms with Gasteiger partial charge in [-0.2, -0.15) is 0 Å². The molecule has 3 aliphatic rings. The number of anilines is 2. The molecule has 164 valence electrons. The molecular weight excluding hydrogens is 404 g/mol. The van der Waals surface area contributed by atoms with Gasteiger partial charge in [0.1, 0.15) is 11.3 Å². The highest BCUT2D eigenvalue weighted by molar-refractivity contribution is 5.88. The lowest BCUT2D eigenvalue weighted by molar-refractivity contribution is -0.122. The van der Waals surface area contributed by atoms with E-state index in [2.05, 4.69) is 56.6 Å². The van der Waals surface area contributed by atoms with Crippen LogP contribution in [0.5, 0.6) is 0 Å². The average molecular weight is 431 g/mol. The van der Waals surface area contributed by atoms with Crippen molar-refractivity contribution in [1.82, 2.24) is 15.0 Å². The maximum absolute atomic E-state index is 12.1. The highest BCUT2D eigenvalue weighted by Crippen LogP contribution is 2.45. The Balaban J connectivity index is 1.28. The van der Waals surface area contributed by atoms with Crippen molar-refractivity contribution in [3.05, 3.63) is 48.7 Å². The van der Waals surface area contributed by atoms with Crippen LogP contribution < -0.4 is 16.0 Å². The first-order chi connectivity index (χ1) is 15.7. The number of pyridine rings is 1. The van der Waals surface area contributed by atoms with Crippen molar-refractivity contribution in [2.24, 2.45) is 23.5 Å². The zero-order chi connectivity index (χ0) is 21.7. The van der Waals surface area contributed by atoms with Crippen LogP contribution >= 0.6 is 0 Å². The van der Waals surface area contributed by atoms with Gasteiger partial charge in [0.25, 0.3) is 0 Å². The summed E-state index contributed by atoms with van der Waals surface area (Å²) in [7, 11) is 0. The lowest BCUT2D eigenvalue weighted by Gasteiger charge is -2.28. The highest BCUT2D eigenvalue weighted by atomic mass is 16.5. The molecule has 2 bridgehead atoms. The number of carbonyl (C=O) groups excluding carboxylic acids is 1. The molecule has 8 nitrogen and oxygen atoms in total. The van der Waals surface area contributed by atoms with Crippen molar-refractivity contribution in [2.45, 2.75) is 12.5 Å². The second-order valence-electron chi connectivity index (χ2n) is 8.83. The number of fused-ring (bicyclic) bond motifs is 3. The lowest BCUT2D eigenvalue weighted by Crippen LogP contribution is -2.41. The summed E-state index contributed by atoms with van der Waals surface area (Å²) in [5, 5.41) is 3.57. The molecule has 1 saturated carbocycles. The molecule has 8 heteroatoms. The number of ether oxygens (including phenoxy) is 1. The van der Waals surface area contributed by atoms with Gasteiger partial charge in [-0.15, -0.1) is 0 Å². The summed E-state index contributed by atoms with van der Waals surface area (Å²) in [4.78, 5) is 27.1. The largest absolute Gasteiger partial charge is 0.379 e. The van der Waals surface area contributed by atoms with E-state index in [1.165, 1.54) is 5.69 Å². The second-order valence-corrected chi connectivity index (χ2v) is 8.83. The minimum Gasteiger partial charge on any atom is -0.379 e. The number of primary amides is 1.